The Hall–Kier alpha value is -1.09. The third kappa shape index (κ3) is 13.2. The summed E-state index contributed by atoms with van der Waals surface area (Å²) >= 11 is 0. The maximum Gasteiger partial charge on any atom is 0.126 e. The Bertz CT molecular complexity index is 607. The number of aryl methyl sites for hydroxylation is 1. The molecule has 3 heteroatoms. The zero-order valence-electron chi connectivity index (χ0n) is 17.4. The molecular weight excluding hydrogens is 368 g/mol. The van der Waals surface area contributed by atoms with Crippen molar-refractivity contribution in [1.82, 2.24) is 0 Å². The number of ether oxygens (including phenoxy) is 1. The van der Waals surface area contributed by atoms with Gasteiger partial charge in [-0.1, -0.05) is 64.1 Å². The van der Waals surface area contributed by atoms with Gasteiger partial charge in [0.1, 0.15) is 5.75 Å². The van der Waals surface area contributed by atoms with Crippen LogP contribution < -0.4 is 4.74 Å². The Morgan fingerprint density at radius 2 is 1.88 bits per heavy atom. The molecule has 1 aromatic rings. The second-order valence-electron chi connectivity index (χ2n) is 6.96. The van der Waals surface area contributed by atoms with Crippen LogP contribution in [0.2, 0.25) is 13.1 Å². The topological polar surface area (TPSA) is 9.23 Å². The van der Waals surface area contributed by atoms with Gasteiger partial charge in [-0.05, 0) is 37.1 Å². The number of allylic oxidation sites excluding steroid dienone is 6. The van der Waals surface area contributed by atoms with Crippen molar-refractivity contribution in [3.63, 3.8) is 0 Å². The fraction of sp³-hybridized carbons (Fsp3) is 0.391. The number of benzene rings is 1. The van der Waals surface area contributed by atoms with E-state index in [0.717, 1.165) is 27.3 Å². The summed E-state index contributed by atoms with van der Waals surface area (Å²) in [7, 11) is 1.08. The van der Waals surface area contributed by atoms with E-state index in [1.165, 1.54) is 11.1 Å². The van der Waals surface area contributed by atoms with Crippen LogP contribution in [0.5, 0.6) is 5.75 Å². The summed E-state index contributed by atoms with van der Waals surface area (Å²) in [6, 6.07) is 7.94. The summed E-state index contributed by atoms with van der Waals surface area (Å²) in [6.45, 7) is 18.6. The van der Waals surface area contributed by atoms with Crippen molar-refractivity contribution in [2.75, 3.05) is 0 Å². The van der Waals surface area contributed by atoms with Crippen LogP contribution in [0.15, 0.2) is 66.5 Å². The zero-order valence-corrected chi connectivity index (χ0v) is 20.0. The Morgan fingerprint density at radius 3 is 2.27 bits per heavy atom. The molecule has 26 heavy (non-hydrogen) atoms. The molecule has 0 bridgehead atoms. The van der Waals surface area contributed by atoms with Crippen molar-refractivity contribution < 1.29 is 26.5 Å². The van der Waals surface area contributed by atoms with Crippen LogP contribution in [-0.2, 0) is 21.7 Å². The van der Waals surface area contributed by atoms with Crippen molar-refractivity contribution in [2.45, 2.75) is 54.1 Å². The van der Waals surface area contributed by atoms with Crippen LogP contribution in [0.3, 0.4) is 0 Å². The van der Waals surface area contributed by atoms with Crippen LogP contribution in [0.4, 0.5) is 0 Å². The molecule has 0 heterocycles. The van der Waals surface area contributed by atoms with Crippen LogP contribution in [-0.4, -0.2) is 9.52 Å². The molecule has 1 aliphatic carbocycles. The molecule has 1 aromatic carbocycles. The van der Waals surface area contributed by atoms with Crippen molar-refractivity contribution in [3.8, 4) is 5.75 Å². The monoisotopic (exact) mass is 401 g/mol. The van der Waals surface area contributed by atoms with Crippen molar-refractivity contribution in [2.24, 2.45) is 5.41 Å². The molecule has 0 fully saturated rings. The quantitative estimate of drug-likeness (QED) is 0.230. The fourth-order valence-corrected chi connectivity index (χ4v) is 1.82. The second kappa shape index (κ2) is 15.0. The van der Waals surface area contributed by atoms with E-state index in [2.05, 4.69) is 58.7 Å². The molecule has 140 valence electrons. The van der Waals surface area contributed by atoms with Gasteiger partial charge >= 0.3 is 0 Å². The Balaban J connectivity index is 0. The summed E-state index contributed by atoms with van der Waals surface area (Å²) in [4.78, 5) is 0. The SMILES string of the molecule is C=CC(C)=COc1cccc(C)c1.CC(C)(C)C1=CC[C-]=C1.C[Si]C.[Ti]. The predicted octanol–water partition coefficient (Wildman–Crippen LogP) is 6.97. The molecule has 0 aliphatic heterocycles. The number of hydrogen-bond donors (Lipinski definition) is 0. The molecule has 0 N–H and O–H groups in total. The van der Waals surface area contributed by atoms with E-state index in [-0.39, 0.29) is 21.7 Å². The van der Waals surface area contributed by atoms with Crippen LogP contribution in [0, 0.1) is 18.4 Å². The molecule has 2 radical (unpaired) electrons. The third-order valence-corrected chi connectivity index (χ3v) is 3.26. The van der Waals surface area contributed by atoms with E-state index in [4.69, 9.17) is 4.74 Å². The van der Waals surface area contributed by atoms with Gasteiger partial charge in [0.2, 0.25) is 0 Å². The molecule has 0 aromatic heterocycles. The second-order valence-corrected chi connectivity index (χ2v) is 7.96. The first-order valence-corrected chi connectivity index (χ1v) is 10.6. The minimum absolute atomic E-state index is 0. The largest absolute Gasteiger partial charge is 0.465 e. The van der Waals surface area contributed by atoms with E-state index in [1.54, 1.807) is 12.3 Å². The maximum atomic E-state index is 5.41. The van der Waals surface area contributed by atoms with E-state index in [9.17, 15) is 0 Å². The summed E-state index contributed by atoms with van der Waals surface area (Å²) in [5, 5.41) is 0. The molecule has 0 spiro atoms. The van der Waals surface area contributed by atoms with Gasteiger partial charge in [0.05, 0.1) is 6.26 Å². The molecule has 0 atom stereocenters. The third-order valence-electron chi connectivity index (χ3n) is 3.26. The van der Waals surface area contributed by atoms with Gasteiger partial charge in [0, 0.05) is 31.2 Å². The molecule has 0 saturated heterocycles. The first-order valence-electron chi connectivity index (χ1n) is 8.62. The van der Waals surface area contributed by atoms with Crippen molar-refractivity contribution in [3.05, 3.63) is 78.1 Å². The Labute approximate surface area is 179 Å². The summed E-state index contributed by atoms with van der Waals surface area (Å²) in [5.41, 5.74) is 3.95. The smallest absolute Gasteiger partial charge is 0.126 e. The first-order chi connectivity index (χ1) is 11.7. The molecule has 0 unspecified atom stereocenters. The minimum Gasteiger partial charge on any atom is -0.465 e. The van der Waals surface area contributed by atoms with E-state index in [1.807, 2.05) is 38.1 Å². The Morgan fingerprint density at radius 1 is 1.27 bits per heavy atom. The van der Waals surface area contributed by atoms with Gasteiger partial charge in [-0.15, -0.1) is 6.42 Å². The molecule has 0 saturated carbocycles. The van der Waals surface area contributed by atoms with Gasteiger partial charge in [-0.2, -0.15) is 11.6 Å². The number of rotatable bonds is 3. The van der Waals surface area contributed by atoms with Gasteiger partial charge < -0.3 is 4.74 Å². The van der Waals surface area contributed by atoms with E-state index >= 15 is 0 Å². The summed E-state index contributed by atoms with van der Waals surface area (Å²) in [5.74, 6) is 0.862. The predicted molar refractivity (Wildman–Crippen MR) is 113 cm³/mol. The summed E-state index contributed by atoms with van der Waals surface area (Å²) in [6.07, 6.45) is 12.0. The van der Waals surface area contributed by atoms with Gasteiger partial charge in [-0.3, -0.25) is 6.08 Å². The average Bonchev–Trinajstić information content (AvgIpc) is 3.09. The van der Waals surface area contributed by atoms with Crippen LogP contribution in [0.1, 0.15) is 39.7 Å². The summed E-state index contributed by atoms with van der Waals surface area (Å²) < 4.78 is 5.41. The molecular formula is C23H33OSiTi-. The van der Waals surface area contributed by atoms with E-state index < -0.39 is 0 Å². The molecule has 1 aliphatic rings. The van der Waals surface area contributed by atoms with Crippen LogP contribution in [0.25, 0.3) is 0 Å². The first kappa shape index (κ1) is 27.1. The van der Waals surface area contributed by atoms with Crippen molar-refractivity contribution >= 4 is 9.52 Å². The minimum atomic E-state index is 0. The molecule has 0 amide bonds. The number of hydrogen-bond acceptors (Lipinski definition) is 1. The fourth-order valence-electron chi connectivity index (χ4n) is 1.82. The van der Waals surface area contributed by atoms with Gasteiger partial charge in [0.15, 0.2) is 0 Å². The Kier molecular flexibility index (Phi) is 15.7. The normalized spacial score (nSPS) is 12.6. The van der Waals surface area contributed by atoms with Gasteiger partial charge in [0.25, 0.3) is 0 Å². The molecule has 1 nitrogen and oxygen atoms in total. The average molecular weight is 401 g/mol. The van der Waals surface area contributed by atoms with E-state index in [0.29, 0.717) is 5.41 Å². The van der Waals surface area contributed by atoms with Crippen molar-refractivity contribution in [1.29, 1.82) is 0 Å². The maximum absolute atomic E-state index is 5.41. The van der Waals surface area contributed by atoms with Crippen LogP contribution >= 0.6 is 0 Å². The molecule has 2 rings (SSSR count). The standard InChI is InChI=1S/C12H14O.C9H13.C2H6Si.Ti/c1-4-10(2)9-13-12-7-5-6-11(3)8-12;1-9(2,3)8-6-4-5-7-8;1-3-2;/h4-9H,1H2,2-3H3;6-7H,4H2,1-3H3;1-2H3;/q;-1;;. The zero-order chi connectivity index (χ0) is 19.3. The van der Waals surface area contributed by atoms with Gasteiger partial charge in [-0.25, -0.2) is 6.08 Å².